The van der Waals surface area contributed by atoms with Crippen LogP contribution >= 0.6 is 11.6 Å². The molecule has 0 unspecified atom stereocenters. The quantitative estimate of drug-likeness (QED) is 0.715. The van der Waals surface area contributed by atoms with Gasteiger partial charge >= 0.3 is 0 Å². The van der Waals surface area contributed by atoms with Crippen molar-refractivity contribution in [2.24, 2.45) is 0 Å². The summed E-state index contributed by atoms with van der Waals surface area (Å²) in [4.78, 5) is 4.34. The van der Waals surface area contributed by atoms with E-state index in [9.17, 15) is 5.11 Å². The minimum atomic E-state index is 0.232. The molecular formula is C16H12ClNO2. The van der Waals surface area contributed by atoms with E-state index in [1.807, 2.05) is 36.4 Å². The summed E-state index contributed by atoms with van der Waals surface area (Å²) in [7, 11) is 1.61. The molecule has 3 nitrogen and oxygen atoms in total. The number of hydrogen-bond acceptors (Lipinski definition) is 3. The highest BCUT2D eigenvalue weighted by Gasteiger charge is 2.10. The Morgan fingerprint density at radius 2 is 1.85 bits per heavy atom. The molecule has 0 aliphatic heterocycles. The molecule has 1 aromatic heterocycles. The first-order valence-corrected chi connectivity index (χ1v) is 6.49. The fourth-order valence-electron chi connectivity index (χ4n) is 2.24. The second-order valence-corrected chi connectivity index (χ2v) is 4.78. The number of hydrogen-bond donors (Lipinski definition) is 1. The van der Waals surface area contributed by atoms with Gasteiger partial charge in [-0.15, -0.1) is 0 Å². The Kier molecular flexibility index (Phi) is 3.20. The van der Waals surface area contributed by atoms with Crippen molar-refractivity contribution >= 4 is 22.5 Å². The fraction of sp³-hybridized carbons (Fsp3) is 0.0625. The van der Waals surface area contributed by atoms with Crippen molar-refractivity contribution < 1.29 is 9.84 Å². The highest BCUT2D eigenvalue weighted by Crippen LogP contribution is 2.34. The van der Waals surface area contributed by atoms with Gasteiger partial charge in [-0.3, -0.25) is 0 Å². The maximum Gasteiger partial charge on any atom is 0.145 e. The second-order valence-electron chi connectivity index (χ2n) is 4.40. The van der Waals surface area contributed by atoms with Crippen LogP contribution < -0.4 is 4.74 Å². The lowest BCUT2D eigenvalue weighted by Gasteiger charge is -2.10. The summed E-state index contributed by atoms with van der Waals surface area (Å²) >= 11 is 6.12. The van der Waals surface area contributed by atoms with Gasteiger partial charge in [0.1, 0.15) is 22.2 Å². The van der Waals surface area contributed by atoms with E-state index >= 15 is 0 Å². The van der Waals surface area contributed by atoms with Gasteiger partial charge in [-0.2, -0.15) is 0 Å². The van der Waals surface area contributed by atoms with Crippen LogP contribution in [0.2, 0.25) is 5.15 Å². The van der Waals surface area contributed by atoms with Crippen LogP contribution in [0, 0.1) is 0 Å². The van der Waals surface area contributed by atoms with Gasteiger partial charge in [0.15, 0.2) is 0 Å². The van der Waals surface area contributed by atoms with Crippen molar-refractivity contribution in [1.82, 2.24) is 4.98 Å². The Bertz CT molecular complexity index is 769. The van der Waals surface area contributed by atoms with Gasteiger partial charge in [0, 0.05) is 5.39 Å². The van der Waals surface area contributed by atoms with Gasteiger partial charge in [-0.1, -0.05) is 35.9 Å². The third-order valence-corrected chi connectivity index (χ3v) is 3.36. The van der Waals surface area contributed by atoms with E-state index in [-0.39, 0.29) is 5.75 Å². The number of pyridine rings is 1. The number of benzene rings is 2. The predicted octanol–water partition coefficient (Wildman–Crippen LogP) is 4.27. The number of halogens is 1. The zero-order valence-corrected chi connectivity index (χ0v) is 11.6. The lowest BCUT2D eigenvalue weighted by molar-refractivity contribution is 0.419. The van der Waals surface area contributed by atoms with E-state index in [4.69, 9.17) is 16.3 Å². The number of phenols is 1. The number of fused-ring (bicyclic) bond motifs is 1. The molecule has 0 spiro atoms. The average molecular weight is 286 g/mol. The van der Waals surface area contributed by atoms with Crippen LogP contribution in [0.4, 0.5) is 0 Å². The maximum atomic E-state index is 9.40. The molecule has 1 N–H and O–H groups in total. The smallest absolute Gasteiger partial charge is 0.145 e. The van der Waals surface area contributed by atoms with Crippen molar-refractivity contribution in [3.05, 3.63) is 53.7 Å². The van der Waals surface area contributed by atoms with E-state index in [1.54, 1.807) is 19.2 Å². The molecule has 0 amide bonds. The first-order chi connectivity index (χ1) is 9.69. The summed E-state index contributed by atoms with van der Waals surface area (Å²) in [5.74, 6) is 0.917. The Balaban J connectivity index is 2.32. The van der Waals surface area contributed by atoms with Crippen LogP contribution in [0.25, 0.3) is 22.0 Å². The lowest BCUT2D eigenvalue weighted by Crippen LogP contribution is -1.90. The van der Waals surface area contributed by atoms with E-state index in [1.165, 1.54) is 0 Å². The van der Waals surface area contributed by atoms with Gasteiger partial charge in [0.05, 0.1) is 7.11 Å². The van der Waals surface area contributed by atoms with Crippen molar-refractivity contribution in [2.45, 2.75) is 0 Å². The minimum Gasteiger partial charge on any atom is -0.508 e. The number of nitrogens with zero attached hydrogens (tertiary/aromatic N) is 1. The minimum absolute atomic E-state index is 0.232. The zero-order chi connectivity index (χ0) is 14.1. The van der Waals surface area contributed by atoms with Crippen LogP contribution in [-0.2, 0) is 0 Å². The molecule has 20 heavy (non-hydrogen) atoms. The monoisotopic (exact) mass is 285 g/mol. The molecule has 0 bridgehead atoms. The summed E-state index contributed by atoms with van der Waals surface area (Å²) in [5.41, 5.74) is 2.65. The standard InChI is InChI=1S/C16H12ClNO2/c1-20-14-4-2-3-12-13(9-15(17)18-16(12)14)10-5-7-11(19)8-6-10/h2-9,19H,1H3. The topological polar surface area (TPSA) is 42.4 Å². The first-order valence-electron chi connectivity index (χ1n) is 6.11. The maximum absolute atomic E-state index is 9.40. The average Bonchev–Trinajstić information content (AvgIpc) is 2.46. The number of rotatable bonds is 2. The normalized spacial score (nSPS) is 10.7. The molecule has 0 fully saturated rings. The highest BCUT2D eigenvalue weighted by molar-refractivity contribution is 6.30. The second kappa shape index (κ2) is 5.02. The zero-order valence-electron chi connectivity index (χ0n) is 10.8. The van der Waals surface area contributed by atoms with Crippen molar-refractivity contribution in [3.8, 4) is 22.6 Å². The third-order valence-electron chi connectivity index (χ3n) is 3.17. The first kappa shape index (κ1) is 12.8. The van der Waals surface area contributed by atoms with Crippen LogP contribution in [0.15, 0.2) is 48.5 Å². The Morgan fingerprint density at radius 1 is 1.10 bits per heavy atom. The molecule has 4 heteroatoms. The molecule has 0 aliphatic rings. The van der Waals surface area contributed by atoms with Gasteiger partial charge < -0.3 is 9.84 Å². The molecule has 0 saturated carbocycles. The van der Waals surface area contributed by atoms with Gasteiger partial charge in [0.2, 0.25) is 0 Å². The molecule has 3 aromatic rings. The number of phenolic OH excluding ortho intramolecular Hbond substituents is 1. The van der Waals surface area contributed by atoms with Crippen molar-refractivity contribution in [3.63, 3.8) is 0 Å². The van der Waals surface area contributed by atoms with Gasteiger partial charge in [-0.25, -0.2) is 4.98 Å². The third kappa shape index (κ3) is 2.17. The summed E-state index contributed by atoms with van der Waals surface area (Å²) in [6.07, 6.45) is 0. The summed E-state index contributed by atoms with van der Waals surface area (Å²) < 4.78 is 5.33. The van der Waals surface area contributed by atoms with E-state index in [0.29, 0.717) is 10.9 Å². The van der Waals surface area contributed by atoms with Crippen LogP contribution in [-0.4, -0.2) is 17.2 Å². The SMILES string of the molecule is COc1cccc2c(-c3ccc(O)cc3)cc(Cl)nc12. The van der Waals surface area contributed by atoms with Gasteiger partial charge in [-0.05, 0) is 35.4 Å². The van der Waals surface area contributed by atoms with Gasteiger partial charge in [0.25, 0.3) is 0 Å². The Labute approximate surface area is 121 Å². The van der Waals surface area contributed by atoms with Crippen LogP contribution in [0.1, 0.15) is 0 Å². The van der Waals surface area contributed by atoms with E-state index in [0.717, 1.165) is 22.0 Å². The number of aromatic nitrogens is 1. The molecule has 2 aromatic carbocycles. The van der Waals surface area contributed by atoms with Crippen LogP contribution in [0.5, 0.6) is 11.5 Å². The number of aromatic hydroxyl groups is 1. The molecule has 0 saturated heterocycles. The van der Waals surface area contributed by atoms with E-state index < -0.39 is 0 Å². The fourth-order valence-corrected chi connectivity index (χ4v) is 2.43. The summed E-state index contributed by atoms with van der Waals surface area (Å²) in [5, 5.41) is 10.8. The largest absolute Gasteiger partial charge is 0.508 e. The van der Waals surface area contributed by atoms with E-state index in [2.05, 4.69) is 4.98 Å². The van der Waals surface area contributed by atoms with Crippen LogP contribution in [0.3, 0.4) is 0 Å². The van der Waals surface area contributed by atoms with Crippen molar-refractivity contribution in [1.29, 1.82) is 0 Å². The number of ether oxygens (including phenoxy) is 1. The molecule has 100 valence electrons. The highest BCUT2D eigenvalue weighted by atomic mass is 35.5. The summed E-state index contributed by atoms with van der Waals surface area (Å²) in [6, 6.07) is 14.6. The molecule has 1 heterocycles. The molecule has 3 rings (SSSR count). The number of methoxy groups -OCH3 is 1. The molecular weight excluding hydrogens is 274 g/mol. The molecule has 0 radical (unpaired) electrons. The number of para-hydroxylation sites is 1. The summed E-state index contributed by atoms with van der Waals surface area (Å²) in [6.45, 7) is 0. The molecule has 0 atom stereocenters. The Morgan fingerprint density at radius 3 is 2.55 bits per heavy atom. The molecule has 0 aliphatic carbocycles. The Hall–Kier alpha value is -2.26. The van der Waals surface area contributed by atoms with Crippen molar-refractivity contribution in [2.75, 3.05) is 7.11 Å². The lowest BCUT2D eigenvalue weighted by atomic mass is 10.0. The predicted molar refractivity (Wildman–Crippen MR) is 80.4 cm³/mol.